The second kappa shape index (κ2) is 17.1. The van der Waals surface area contributed by atoms with Crippen molar-refractivity contribution in [3.63, 3.8) is 0 Å². The summed E-state index contributed by atoms with van der Waals surface area (Å²) in [4.78, 5) is 0. The maximum Gasteiger partial charge on any atom is 0.0713 e. The smallest absolute Gasteiger partial charge is 0.0654 e. The SMILES string of the molecule is CCCCCCc1ccc2c(c1)C(c1ccc(Br)cc1)(c1cccc(C3(c4ccc(Br)cc4)c4cc(C)ccc4-c4ccc(CCCCCC)cc43)c1)c1cc(C)ccc1-2. The molecule has 0 amide bonds. The van der Waals surface area contributed by atoms with Gasteiger partial charge in [-0.05, 0) is 142 Å². The molecule has 2 unspecified atom stereocenters. The van der Waals surface area contributed by atoms with Gasteiger partial charge in [0.25, 0.3) is 0 Å². The molecule has 2 atom stereocenters. The number of aryl methyl sites for hydroxylation is 4. The predicted molar refractivity (Wildman–Crippen MR) is 262 cm³/mol. The largest absolute Gasteiger partial charge is 0.0713 e. The summed E-state index contributed by atoms with van der Waals surface area (Å²) in [6.45, 7) is 9.10. The van der Waals surface area contributed by atoms with Crippen molar-refractivity contribution >= 4 is 31.9 Å². The van der Waals surface area contributed by atoms with Gasteiger partial charge in [0.05, 0.1) is 10.8 Å². The minimum Gasteiger partial charge on any atom is -0.0654 e. The van der Waals surface area contributed by atoms with E-state index in [-0.39, 0.29) is 0 Å². The molecule has 9 rings (SSSR count). The van der Waals surface area contributed by atoms with E-state index in [2.05, 4.69) is 205 Å². The molecule has 60 heavy (non-hydrogen) atoms. The van der Waals surface area contributed by atoms with Gasteiger partial charge < -0.3 is 0 Å². The van der Waals surface area contributed by atoms with Gasteiger partial charge in [-0.2, -0.15) is 0 Å². The van der Waals surface area contributed by atoms with E-state index in [1.165, 1.54) is 140 Å². The van der Waals surface area contributed by atoms with E-state index in [4.69, 9.17) is 0 Å². The molecule has 0 saturated heterocycles. The van der Waals surface area contributed by atoms with Crippen molar-refractivity contribution in [1.29, 1.82) is 0 Å². The van der Waals surface area contributed by atoms with Crippen LogP contribution < -0.4 is 0 Å². The lowest BCUT2D eigenvalue weighted by Crippen LogP contribution is -2.32. The average molecular weight is 913 g/mol. The Kier molecular flexibility index (Phi) is 11.7. The van der Waals surface area contributed by atoms with E-state index in [0.29, 0.717) is 0 Å². The Balaban J connectivity index is 1.34. The number of hydrogen-bond acceptors (Lipinski definition) is 0. The van der Waals surface area contributed by atoms with Crippen LogP contribution in [0.5, 0.6) is 0 Å². The zero-order valence-electron chi connectivity index (χ0n) is 35.7. The van der Waals surface area contributed by atoms with Crippen molar-refractivity contribution < 1.29 is 0 Å². The van der Waals surface area contributed by atoms with Crippen LogP contribution in [-0.2, 0) is 23.7 Å². The summed E-state index contributed by atoms with van der Waals surface area (Å²) in [6, 6.07) is 57.3. The van der Waals surface area contributed by atoms with Crippen LogP contribution in [0.2, 0.25) is 0 Å². The number of fused-ring (bicyclic) bond motifs is 6. The van der Waals surface area contributed by atoms with Crippen LogP contribution in [0.1, 0.15) is 132 Å². The summed E-state index contributed by atoms with van der Waals surface area (Å²) in [5.41, 5.74) is 20.5. The van der Waals surface area contributed by atoms with Gasteiger partial charge in [-0.15, -0.1) is 0 Å². The lowest BCUT2D eigenvalue weighted by atomic mass is 9.63. The molecule has 0 heterocycles. The summed E-state index contributed by atoms with van der Waals surface area (Å²) >= 11 is 7.62. The Morgan fingerprint density at radius 3 is 1.15 bits per heavy atom. The van der Waals surface area contributed by atoms with Gasteiger partial charge in [-0.25, -0.2) is 0 Å². The fourth-order valence-corrected chi connectivity index (χ4v) is 11.3. The first-order chi connectivity index (χ1) is 29.3. The number of hydrogen-bond donors (Lipinski definition) is 0. The number of unbranched alkanes of at least 4 members (excludes halogenated alkanes) is 6. The zero-order chi connectivity index (χ0) is 41.4. The molecule has 0 saturated carbocycles. The number of benzene rings is 7. The molecule has 0 radical (unpaired) electrons. The summed E-state index contributed by atoms with van der Waals surface area (Å²) in [7, 11) is 0. The van der Waals surface area contributed by atoms with Gasteiger partial charge in [-0.1, -0.05) is 217 Å². The Labute approximate surface area is 375 Å². The van der Waals surface area contributed by atoms with Crippen LogP contribution in [0.3, 0.4) is 0 Å². The summed E-state index contributed by atoms with van der Waals surface area (Å²) in [6.07, 6.45) is 12.2. The van der Waals surface area contributed by atoms with Gasteiger partial charge in [0.15, 0.2) is 0 Å². The summed E-state index contributed by atoms with van der Waals surface area (Å²) < 4.78 is 2.19. The van der Waals surface area contributed by atoms with Crippen molar-refractivity contribution in [2.75, 3.05) is 0 Å². The Morgan fingerprint density at radius 2 is 0.750 bits per heavy atom. The molecular formula is C58H56Br2. The highest BCUT2D eigenvalue weighted by Crippen LogP contribution is 2.60. The topological polar surface area (TPSA) is 0 Å². The maximum absolute atomic E-state index is 3.81. The first kappa shape index (κ1) is 40.9. The van der Waals surface area contributed by atoms with E-state index in [1.807, 2.05) is 0 Å². The fourth-order valence-electron chi connectivity index (χ4n) is 10.8. The maximum atomic E-state index is 3.81. The van der Waals surface area contributed by atoms with Crippen molar-refractivity contribution in [2.24, 2.45) is 0 Å². The van der Waals surface area contributed by atoms with Crippen molar-refractivity contribution in [3.05, 3.63) is 221 Å². The molecule has 7 aromatic rings. The molecule has 0 spiro atoms. The molecule has 0 N–H and O–H groups in total. The van der Waals surface area contributed by atoms with Crippen molar-refractivity contribution in [1.82, 2.24) is 0 Å². The van der Waals surface area contributed by atoms with Crippen LogP contribution in [0.25, 0.3) is 22.3 Å². The Morgan fingerprint density at radius 1 is 0.367 bits per heavy atom. The molecular weight excluding hydrogens is 856 g/mol. The van der Waals surface area contributed by atoms with E-state index < -0.39 is 10.8 Å². The lowest BCUT2D eigenvalue weighted by Gasteiger charge is -2.38. The molecule has 0 aliphatic heterocycles. The molecule has 0 fully saturated rings. The second-order valence-electron chi connectivity index (χ2n) is 17.6. The predicted octanol–water partition coefficient (Wildman–Crippen LogP) is 16.8. The molecule has 2 heteroatoms. The van der Waals surface area contributed by atoms with E-state index in [0.717, 1.165) is 21.8 Å². The van der Waals surface area contributed by atoms with Crippen LogP contribution in [0.15, 0.2) is 155 Å². The highest BCUT2D eigenvalue weighted by Gasteiger charge is 2.50. The van der Waals surface area contributed by atoms with Gasteiger partial charge in [0.1, 0.15) is 0 Å². The minimum atomic E-state index is -0.522. The van der Waals surface area contributed by atoms with Gasteiger partial charge in [0, 0.05) is 8.95 Å². The first-order valence-corrected chi connectivity index (χ1v) is 24.0. The Hall–Kier alpha value is -4.50. The normalized spacial score (nSPS) is 17.3. The fraction of sp³-hybridized carbons (Fsp3) is 0.276. The van der Waals surface area contributed by atoms with E-state index >= 15 is 0 Å². The van der Waals surface area contributed by atoms with Crippen LogP contribution >= 0.6 is 31.9 Å². The highest BCUT2D eigenvalue weighted by molar-refractivity contribution is 9.10. The molecule has 0 nitrogen and oxygen atoms in total. The first-order valence-electron chi connectivity index (χ1n) is 22.4. The molecule has 0 aromatic heterocycles. The third-order valence-electron chi connectivity index (χ3n) is 13.6. The molecule has 7 aromatic carbocycles. The molecule has 2 aliphatic carbocycles. The third-order valence-corrected chi connectivity index (χ3v) is 14.7. The quantitative estimate of drug-likeness (QED) is 0.0954. The second-order valence-corrected chi connectivity index (χ2v) is 19.4. The van der Waals surface area contributed by atoms with E-state index in [9.17, 15) is 0 Å². The number of halogens is 2. The monoisotopic (exact) mass is 910 g/mol. The summed E-state index contributed by atoms with van der Waals surface area (Å²) in [5.74, 6) is 0. The van der Waals surface area contributed by atoms with Gasteiger partial charge in [0.2, 0.25) is 0 Å². The van der Waals surface area contributed by atoms with Gasteiger partial charge >= 0.3 is 0 Å². The Bertz CT molecular complexity index is 2490. The van der Waals surface area contributed by atoms with Gasteiger partial charge in [-0.3, -0.25) is 0 Å². The third kappa shape index (κ3) is 6.97. The van der Waals surface area contributed by atoms with Crippen molar-refractivity contribution in [2.45, 2.75) is 103 Å². The standard InChI is InChI=1S/C58H56Br2/c1-5-7-9-11-14-41-20-32-51-49-30-18-39(3)34-53(49)57(55(51)36-41,43-22-26-47(59)27-23-43)45-16-13-17-46(38-45)58(44-24-28-48(60)29-25-44)54-35-40(4)19-31-50(54)52-33-21-42(37-56(52)58)15-12-10-8-6-2/h13,16-38H,5-12,14-15H2,1-4H3. The van der Waals surface area contributed by atoms with Crippen LogP contribution in [-0.4, -0.2) is 0 Å². The van der Waals surface area contributed by atoms with Crippen LogP contribution in [0.4, 0.5) is 0 Å². The average Bonchev–Trinajstić information content (AvgIpc) is 3.71. The summed E-state index contributed by atoms with van der Waals surface area (Å²) in [5, 5.41) is 0. The van der Waals surface area contributed by atoms with E-state index in [1.54, 1.807) is 0 Å². The zero-order valence-corrected chi connectivity index (χ0v) is 38.9. The molecule has 302 valence electrons. The minimum absolute atomic E-state index is 0.522. The van der Waals surface area contributed by atoms with Crippen molar-refractivity contribution in [3.8, 4) is 22.3 Å². The molecule has 2 aliphatic rings. The number of rotatable bonds is 14. The van der Waals surface area contributed by atoms with Crippen LogP contribution in [0, 0.1) is 13.8 Å². The molecule has 0 bridgehead atoms. The highest BCUT2D eigenvalue weighted by atomic mass is 79.9. The lowest BCUT2D eigenvalue weighted by molar-refractivity contribution is 0.665.